The first-order valence-corrected chi connectivity index (χ1v) is 7.49. The maximum atomic E-state index is 13.9. The summed E-state index contributed by atoms with van der Waals surface area (Å²) in [4.78, 5) is 12.1. The SMILES string of the molecule is C=Cc1c(F)c(F)c(COC(=O)[C@@H]2[C@H](C=C(F)C#N)C2(C)C)c(F)c1F. The average molecular weight is 371 g/mol. The molecule has 0 spiro atoms. The molecule has 1 aromatic carbocycles. The summed E-state index contributed by atoms with van der Waals surface area (Å²) in [5.74, 6) is -10.1. The Kier molecular flexibility index (Phi) is 5.21. The van der Waals surface area contributed by atoms with E-state index in [9.17, 15) is 26.7 Å². The Balaban J connectivity index is 2.19. The first-order chi connectivity index (χ1) is 12.1. The number of carbonyl (C=O) groups is 1. The lowest BCUT2D eigenvalue weighted by Crippen LogP contribution is -2.14. The van der Waals surface area contributed by atoms with Crippen LogP contribution in [-0.2, 0) is 16.1 Å². The highest BCUT2D eigenvalue weighted by Gasteiger charge is 2.61. The molecule has 2 atom stereocenters. The van der Waals surface area contributed by atoms with Gasteiger partial charge in [-0.25, -0.2) is 17.6 Å². The second-order valence-electron chi connectivity index (χ2n) is 6.41. The molecule has 1 saturated carbocycles. The van der Waals surface area contributed by atoms with Gasteiger partial charge in [-0.3, -0.25) is 4.79 Å². The van der Waals surface area contributed by atoms with Crippen molar-refractivity contribution in [1.29, 1.82) is 5.26 Å². The lowest BCUT2D eigenvalue weighted by atomic mass is 10.1. The highest BCUT2D eigenvalue weighted by molar-refractivity contribution is 5.78. The molecule has 0 aromatic heterocycles. The molecule has 1 aromatic rings. The average Bonchev–Trinajstić information content (AvgIpc) is 3.13. The topological polar surface area (TPSA) is 50.1 Å². The largest absolute Gasteiger partial charge is 0.460 e. The Labute approximate surface area is 146 Å². The third-order valence-corrected chi connectivity index (χ3v) is 4.55. The van der Waals surface area contributed by atoms with E-state index in [-0.39, 0.29) is 0 Å². The van der Waals surface area contributed by atoms with Gasteiger partial charge in [0.1, 0.15) is 12.7 Å². The third-order valence-electron chi connectivity index (χ3n) is 4.55. The highest BCUT2D eigenvalue weighted by atomic mass is 19.2. The van der Waals surface area contributed by atoms with Crippen molar-refractivity contribution < 1.29 is 31.5 Å². The third kappa shape index (κ3) is 3.21. The minimum Gasteiger partial charge on any atom is -0.460 e. The zero-order valence-corrected chi connectivity index (χ0v) is 13.9. The molecule has 0 amide bonds. The van der Waals surface area contributed by atoms with Crippen molar-refractivity contribution in [3.05, 3.63) is 52.9 Å². The molecular formula is C18H14F5NO2. The smallest absolute Gasteiger partial charge is 0.310 e. The Morgan fingerprint density at radius 1 is 1.23 bits per heavy atom. The van der Waals surface area contributed by atoms with Gasteiger partial charge < -0.3 is 4.74 Å². The number of allylic oxidation sites excluding steroid dienone is 2. The van der Waals surface area contributed by atoms with Crippen LogP contribution in [0.15, 0.2) is 18.5 Å². The Morgan fingerprint density at radius 3 is 2.23 bits per heavy atom. The lowest BCUT2D eigenvalue weighted by Gasteiger charge is -2.11. The molecule has 0 aliphatic heterocycles. The Hall–Kier alpha value is -2.69. The second kappa shape index (κ2) is 6.90. The van der Waals surface area contributed by atoms with Crippen molar-refractivity contribution in [2.24, 2.45) is 17.3 Å². The van der Waals surface area contributed by atoms with E-state index in [4.69, 9.17) is 10.00 Å². The van der Waals surface area contributed by atoms with Crippen LogP contribution in [0.25, 0.3) is 6.08 Å². The van der Waals surface area contributed by atoms with E-state index in [0.29, 0.717) is 6.08 Å². The summed E-state index contributed by atoms with van der Waals surface area (Å²) in [6.45, 7) is 5.26. The normalized spacial score (nSPS) is 21.1. The number of halogens is 5. The maximum Gasteiger partial charge on any atom is 0.310 e. The molecule has 8 heteroatoms. The lowest BCUT2D eigenvalue weighted by molar-refractivity contribution is -0.147. The number of hydrogen-bond donors (Lipinski definition) is 0. The first-order valence-electron chi connectivity index (χ1n) is 7.49. The number of nitriles is 1. The Bertz CT molecular complexity index is 825. The zero-order chi connectivity index (χ0) is 19.8. The molecule has 0 unspecified atom stereocenters. The van der Waals surface area contributed by atoms with Crippen molar-refractivity contribution in [1.82, 2.24) is 0 Å². The van der Waals surface area contributed by atoms with Crippen molar-refractivity contribution in [3.8, 4) is 6.07 Å². The number of rotatable bonds is 5. The fourth-order valence-corrected chi connectivity index (χ4v) is 2.87. The van der Waals surface area contributed by atoms with Crippen molar-refractivity contribution in [2.45, 2.75) is 20.5 Å². The van der Waals surface area contributed by atoms with Gasteiger partial charge in [0, 0.05) is 5.92 Å². The molecule has 0 radical (unpaired) electrons. The van der Waals surface area contributed by atoms with Gasteiger partial charge >= 0.3 is 5.97 Å². The van der Waals surface area contributed by atoms with Crippen LogP contribution >= 0.6 is 0 Å². The van der Waals surface area contributed by atoms with Crippen LogP contribution < -0.4 is 0 Å². The van der Waals surface area contributed by atoms with Crippen molar-refractivity contribution in [3.63, 3.8) is 0 Å². The number of ether oxygens (including phenoxy) is 1. The number of benzene rings is 1. The van der Waals surface area contributed by atoms with Gasteiger partial charge in [0.25, 0.3) is 0 Å². The number of nitrogens with zero attached hydrogens (tertiary/aromatic N) is 1. The standard InChI is InChI=1S/C18H14F5NO2/c1-4-9-13(20)15(22)10(16(23)14(9)21)7-26-17(25)12-11(18(12,2)3)5-8(19)6-24/h4-5,11-12H,1,7H2,2-3H3/t11-,12-/m0/s1. The van der Waals surface area contributed by atoms with Crippen LogP contribution in [0.1, 0.15) is 25.0 Å². The Morgan fingerprint density at radius 2 is 1.77 bits per heavy atom. The number of esters is 1. The quantitative estimate of drug-likeness (QED) is 0.330. The summed E-state index contributed by atoms with van der Waals surface area (Å²) in [7, 11) is 0. The molecule has 26 heavy (non-hydrogen) atoms. The van der Waals surface area contributed by atoms with E-state index in [1.165, 1.54) is 6.07 Å². The molecule has 3 nitrogen and oxygen atoms in total. The zero-order valence-electron chi connectivity index (χ0n) is 13.9. The second-order valence-corrected chi connectivity index (χ2v) is 6.41. The van der Waals surface area contributed by atoms with E-state index in [1.54, 1.807) is 13.8 Å². The summed E-state index contributed by atoms with van der Waals surface area (Å²) in [5.41, 5.74) is -2.77. The summed E-state index contributed by atoms with van der Waals surface area (Å²) in [6, 6.07) is 1.28. The number of carbonyl (C=O) groups excluding carboxylic acids is 1. The van der Waals surface area contributed by atoms with E-state index >= 15 is 0 Å². The van der Waals surface area contributed by atoms with Gasteiger partial charge in [-0.05, 0) is 11.5 Å². The molecule has 1 aliphatic carbocycles. The van der Waals surface area contributed by atoms with Gasteiger partial charge in [-0.2, -0.15) is 9.65 Å². The van der Waals surface area contributed by atoms with Crippen LogP contribution in [-0.4, -0.2) is 5.97 Å². The van der Waals surface area contributed by atoms with Gasteiger partial charge in [-0.1, -0.05) is 26.5 Å². The molecule has 0 bridgehead atoms. The van der Waals surface area contributed by atoms with Crippen molar-refractivity contribution >= 4 is 12.0 Å². The molecular weight excluding hydrogens is 357 g/mol. The first kappa shape index (κ1) is 19.6. The minimum atomic E-state index is -1.69. The minimum absolute atomic E-state index is 0.625. The van der Waals surface area contributed by atoms with Gasteiger partial charge in [0.2, 0.25) is 0 Å². The van der Waals surface area contributed by atoms with E-state index in [1.807, 2.05) is 0 Å². The van der Waals surface area contributed by atoms with Crippen LogP contribution in [0, 0.1) is 51.9 Å². The van der Waals surface area contributed by atoms with E-state index in [0.717, 1.165) is 6.08 Å². The predicted octanol–water partition coefficient (Wildman–Crippen LogP) is 4.58. The molecule has 0 heterocycles. The summed E-state index contributed by atoms with van der Waals surface area (Å²) in [5, 5.41) is 8.44. The summed E-state index contributed by atoms with van der Waals surface area (Å²) < 4.78 is 73.0. The molecule has 0 N–H and O–H groups in total. The summed E-state index contributed by atoms with van der Waals surface area (Å²) in [6.07, 6.45) is 1.59. The summed E-state index contributed by atoms with van der Waals surface area (Å²) >= 11 is 0. The molecule has 2 rings (SSSR count). The fraction of sp³-hybridized carbons (Fsp3) is 0.333. The van der Waals surface area contributed by atoms with Gasteiger partial charge in [-0.15, -0.1) is 0 Å². The molecule has 138 valence electrons. The molecule has 1 fully saturated rings. The molecule has 0 saturated heterocycles. The van der Waals surface area contributed by atoms with Crippen molar-refractivity contribution in [2.75, 3.05) is 0 Å². The van der Waals surface area contributed by atoms with Crippen LogP contribution in [0.2, 0.25) is 0 Å². The van der Waals surface area contributed by atoms with E-state index < -0.39 is 70.0 Å². The van der Waals surface area contributed by atoms with Crippen LogP contribution in [0.3, 0.4) is 0 Å². The van der Waals surface area contributed by atoms with E-state index in [2.05, 4.69) is 6.58 Å². The predicted molar refractivity (Wildman–Crippen MR) is 81.7 cm³/mol. The van der Waals surface area contributed by atoms with Crippen LogP contribution in [0.5, 0.6) is 0 Å². The van der Waals surface area contributed by atoms with Gasteiger partial charge in [0.15, 0.2) is 29.1 Å². The van der Waals surface area contributed by atoms with Crippen LogP contribution in [0.4, 0.5) is 22.0 Å². The monoisotopic (exact) mass is 371 g/mol. The number of hydrogen-bond acceptors (Lipinski definition) is 3. The highest BCUT2D eigenvalue weighted by Crippen LogP contribution is 2.60. The van der Waals surface area contributed by atoms with Gasteiger partial charge in [0.05, 0.1) is 17.0 Å². The fourth-order valence-electron chi connectivity index (χ4n) is 2.87. The molecule has 1 aliphatic rings. The maximum absolute atomic E-state index is 13.9.